The molecule has 0 saturated carbocycles. The normalized spacial score (nSPS) is 18.2. The maximum atomic E-state index is 12.6. The van der Waals surface area contributed by atoms with Crippen LogP contribution in [0.4, 0.5) is 0 Å². The Morgan fingerprint density at radius 3 is 2.25 bits per heavy atom. The van der Waals surface area contributed by atoms with Gasteiger partial charge < -0.3 is 15.1 Å². The average molecular weight is 355 g/mol. The lowest BCUT2D eigenvalue weighted by Gasteiger charge is -2.36. The first-order valence-electron chi connectivity index (χ1n) is 7.97. The number of benzene rings is 1. The fraction of sp³-hybridized carbons (Fsp3) is 0.529. The van der Waals surface area contributed by atoms with Crippen LogP contribution in [-0.4, -0.2) is 71.2 Å². The van der Waals surface area contributed by atoms with Crippen molar-refractivity contribution >= 4 is 23.5 Å². The summed E-state index contributed by atoms with van der Waals surface area (Å²) in [5.41, 5.74) is -0.726. The van der Waals surface area contributed by atoms with Crippen LogP contribution in [0.1, 0.15) is 18.9 Å². The molecule has 24 heavy (non-hydrogen) atoms. The molecule has 1 amide bonds. The van der Waals surface area contributed by atoms with Crippen molar-refractivity contribution in [3.05, 3.63) is 34.9 Å². The Hall–Kier alpha value is -1.63. The van der Waals surface area contributed by atoms with Crippen LogP contribution in [0.3, 0.4) is 0 Å². The molecule has 1 unspecified atom stereocenters. The Bertz CT molecular complexity index is 585. The van der Waals surface area contributed by atoms with Crippen LogP contribution in [0.2, 0.25) is 5.02 Å². The second kappa shape index (κ2) is 7.96. The first-order chi connectivity index (χ1) is 11.4. The number of aliphatic hydroxyl groups is 1. The molecule has 1 aliphatic heterocycles. The number of aliphatic hydroxyl groups excluding tert-OH is 1. The Kier molecular flexibility index (Phi) is 6.21. The molecule has 132 valence electrons. The van der Waals surface area contributed by atoms with Crippen LogP contribution in [0, 0.1) is 0 Å². The summed E-state index contributed by atoms with van der Waals surface area (Å²) in [7, 11) is 0. The number of halogens is 1. The third kappa shape index (κ3) is 4.26. The summed E-state index contributed by atoms with van der Waals surface area (Å²) >= 11 is 5.86. The van der Waals surface area contributed by atoms with Crippen LogP contribution in [0.25, 0.3) is 0 Å². The van der Waals surface area contributed by atoms with Crippen molar-refractivity contribution < 1.29 is 19.8 Å². The molecule has 6 nitrogen and oxygen atoms in total. The standard InChI is InChI=1S/C17H23ClN2O4/c1-17(16(23)24,13-2-4-14(18)5-3-13)12-15(22)20-8-6-19(7-9-20)10-11-21/h2-5,21H,6-12H2,1H3,(H,23,24). The molecule has 1 fully saturated rings. The Morgan fingerprint density at radius 2 is 1.75 bits per heavy atom. The van der Waals surface area contributed by atoms with Gasteiger partial charge in [0.1, 0.15) is 0 Å². The number of amides is 1. The van der Waals surface area contributed by atoms with E-state index in [4.69, 9.17) is 16.7 Å². The summed E-state index contributed by atoms with van der Waals surface area (Å²) < 4.78 is 0. The van der Waals surface area contributed by atoms with Gasteiger partial charge >= 0.3 is 5.97 Å². The summed E-state index contributed by atoms with van der Waals surface area (Å²) in [4.78, 5) is 28.2. The van der Waals surface area contributed by atoms with Crippen molar-refractivity contribution in [2.45, 2.75) is 18.8 Å². The lowest BCUT2D eigenvalue weighted by atomic mass is 9.79. The number of carboxylic acid groups (broad SMARTS) is 1. The van der Waals surface area contributed by atoms with Gasteiger partial charge in [-0.2, -0.15) is 0 Å². The molecule has 7 heteroatoms. The van der Waals surface area contributed by atoms with Gasteiger partial charge in [-0.05, 0) is 24.6 Å². The number of rotatable bonds is 6. The Balaban J connectivity index is 2.07. The van der Waals surface area contributed by atoms with Gasteiger partial charge in [0.2, 0.25) is 5.91 Å². The third-order valence-corrected chi connectivity index (χ3v) is 4.85. The van der Waals surface area contributed by atoms with Crippen LogP contribution in [-0.2, 0) is 15.0 Å². The van der Waals surface area contributed by atoms with Gasteiger partial charge in [0.25, 0.3) is 0 Å². The van der Waals surface area contributed by atoms with Crippen LogP contribution in [0.15, 0.2) is 24.3 Å². The minimum absolute atomic E-state index is 0.0933. The van der Waals surface area contributed by atoms with Gasteiger partial charge in [0.15, 0.2) is 0 Å². The van der Waals surface area contributed by atoms with Crippen molar-refractivity contribution in [3.63, 3.8) is 0 Å². The van der Waals surface area contributed by atoms with Gasteiger partial charge in [-0.25, -0.2) is 0 Å². The first-order valence-corrected chi connectivity index (χ1v) is 8.35. The highest BCUT2D eigenvalue weighted by molar-refractivity contribution is 6.30. The maximum Gasteiger partial charge on any atom is 0.314 e. The van der Waals surface area contributed by atoms with E-state index in [0.29, 0.717) is 43.3 Å². The van der Waals surface area contributed by atoms with Gasteiger partial charge in [0.05, 0.1) is 12.0 Å². The van der Waals surface area contributed by atoms with Crippen LogP contribution < -0.4 is 0 Å². The molecular formula is C17H23ClN2O4. The number of β-amino-alcohol motifs (C(OH)–C–C–N with tert-alkyl or cyclic N) is 1. The number of carbonyl (C=O) groups excluding carboxylic acids is 1. The van der Waals surface area contributed by atoms with E-state index in [0.717, 1.165) is 0 Å². The SMILES string of the molecule is CC(CC(=O)N1CCN(CCO)CC1)(C(=O)O)c1ccc(Cl)cc1. The van der Waals surface area contributed by atoms with Crippen molar-refractivity contribution in [1.29, 1.82) is 0 Å². The molecule has 1 atom stereocenters. The molecule has 1 aromatic rings. The Morgan fingerprint density at radius 1 is 1.17 bits per heavy atom. The van der Waals surface area contributed by atoms with Gasteiger partial charge in [-0.1, -0.05) is 23.7 Å². The zero-order valence-electron chi connectivity index (χ0n) is 13.7. The summed E-state index contributed by atoms with van der Waals surface area (Å²) in [6.45, 7) is 4.75. The molecule has 0 spiro atoms. The van der Waals surface area contributed by atoms with E-state index in [9.17, 15) is 14.7 Å². The molecule has 0 radical (unpaired) electrons. The van der Waals surface area contributed by atoms with E-state index in [-0.39, 0.29) is 18.9 Å². The monoisotopic (exact) mass is 354 g/mol. The van der Waals surface area contributed by atoms with Crippen molar-refractivity contribution in [3.8, 4) is 0 Å². The highest BCUT2D eigenvalue weighted by Gasteiger charge is 2.39. The zero-order chi connectivity index (χ0) is 17.7. The number of aliphatic carboxylic acids is 1. The second-order valence-corrected chi connectivity index (χ2v) is 6.70. The second-order valence-electron chi connectivity index (χ2n) is 6.27. The Labute approximate surface area is 146 Å². The summed E-state index contributed by atoms with van der Waals surface area (Å²) in [5.74, 6) is -1.20. The fourth-order valence-electron chi connectivity index (χ4n) is 2.90. The fourth-order valence-corrected chi connectivity index (χ4v) is 3.02. The largest absolute Gasteiger partial charge is 0.481 e. The smallest absolute Gasteiger partial charge is 0.314 e. The molecular weight excluding hydrogens is 332 g/mol. The van der Waals surface area contributed by atoms with Crippen molar-refractivity contribution in [1.82, 2.24) is 9.80 Å². The highest BCUT2D eigenvalue weighted by Crippen LogP contribution is 2.30. The molecule has 2 N–H and O–H groups in total. The summed E-state index contributed by atoms with van der Waals surface area (Å²) in [6.07, 6.45) is -0.0933. The van der Waals surface area contributed by atoms with Gasteiger partial charge in [-0.3, -0.25) is 14.5 Å². The van der Waals surface area contributed by atoms with E-state index in [1.165, 1.54) is 0 Å². The quantitative estimate of drug-likeness (QED) is 0.802. The number of piperazine rings is 1. The number of carboxylic acids is 1. The predicted octanol–water partition coefficient (Wildman–Crippen LogP) is 1.21. The maximum absolute atomic E-state index is 12.6. The number of hydrogen-bond donors (Lipinski definition) is 2. The highest BCUT2D eigenvalue weighted by atomic mass is 35.5. The molecule has 1 heterocycles. The van der Waals surface area contributed by atoms with Crippen LogP contribution >= 0.6 is 11.6 Å². The molecule has 1 aromatic carbocycles. The topological polar surface area (TPSA) is 81.1 Å². The average Bonchev–Trinajstić information content (AvgIpc) is 2.56. The van der Waals surface area contributed by atoms with Crippen LogP contribution in [0.5, 0.6) is 0 Å². The van der Waals surface area contributed by atoms with Crippen molar-refractivity contribution in [2.75, 3.05) is 39.3 Å². The predicted molar refractivity (Wildman–Crippen MR) is 91.2 cm³/mol. The lowest BCUT2D eigenvalue weighted by molar-refractivity contribution is -0.148. The summed E-state index contributed by atoms with van der Waals surface area (Å²) in [5, 5.41) is 19.2. The first kappa shape index (κ1) is 18.7. The molecule has 0 aliphatic carbocycles. The zero-order valence-corrected chi connectivity index (χ0v) is 14.5. The van der Waals surface area contributed by atoms with E-state index in [1.54, 1.807) is 36.1 Å². The molecule has 0 aromatic heterocycles. The van der Waals surface area contributed by atoms with E-state index >= 15 is 0 Å². The molecule has 2 rings (SSSR count). The van der Waals surface area contributed by atoms with E-state index in [2.05, 4.69) is 4.90 Å². The van der Waals surface area contributed by atoms with E-state index in [1.807, 2.05) is 0 Å². The molecule has 1 saturated heterocycles. The molecule has 0 bridgehead atoms. The van der Waals surface area contributed by atoms with Crippen molar-refractivity contribution in [2.24, 2.45) is 0 Å². The minimum Gasteiger partial charge on any atom is -0.481 e. The van der Waals surface area contributed by atoms with Gasteiger partial charge in [-0.15, -0.1) is 0 Å². The van der Waals surface area contributed by atoms with E-state index < -0.39 is 11.4 Å². The number of carbonyl (C=O) groups is 2. The molecule has 1 aliphatic rings. The number of hydrogen-bond acceptors (Lipinski definition) is 4. The van der Waals surface area contributed by atoms with Gasteiger partial charge in [0, 0.05) is 44.2 Å². The third-order valence-electron chi connectivity index (χ3n) is 4.60. The minimum atomic E-state index is -1.29. The lowest BCUT2D eigenvalue weighted by Crippen LogP contribution is -2.51. The summed E-state index contributed by atoms with van der Waals surface area (Å²) in [6, 6.07) is 6.58. The number of nitrogens with zero attached hydrogens (tertiary/aromatic N) is 2.